The van der Waals surface area contributed by atoms with Gasteiger partial charge in [0.1, 0.15) is 5.66 Å². The van der Waals surface area contributed by atoms with Crippen molar-refractivity contribution in [2.24, 2.45) is 5.41 Å². The van der Waals surface area contributed by atoms with Crippen LogP contribution in [0.15, 0.2) is 0 Å². The summed E-state index contributed by atoms with van der Waals surface area (Å²) in [6, 6.07) is 0. The molecule has 0 aromatic carbocycles. The SMILES string of the molecule is CC(C)(C)C1(NC(=O)C(F)(F)F)CCCCN1C(=O)O. The maximum absolute atomic E-state index is 12.5. The fourth-order valence-electron chi connectivity index (χ4n) is 2.59. The topological polar surface area (TPSA) is 69.6 Å². The van der Waals surface area contributed by atoms with Gasteiger partial charge < -0.3 is 10.4 Å². The highest BCUT2D eigenvalue weighted by atomic mass is 19.4. The minimum atomic E-state index is -5.04. The van der Waals surface area contributed by atoms with Crippen LogP contribution in [0.25, 0.3) is 0 Å². The summed E-state index contributed by atoms with van der Waals surface area (Å²) >= 11 is 0. The van der Waals surface area contributed by atoms with Crippen molar-refractivity contribution in [1.82, 2.24) is 10.2 Å². The Balaban J connectivity index is 3.21. The number of halogens is 3. The van der Waals surface area contributed by atoms with Gasteiger partial charge in [-0.25, -0.2) is 4.79 Å². The van der Waals surface area contributed by atoms with E-state index in [-0.39, 0.29) is 13.0 Å². The lowest BCUT2D eigenvalue weighted by Gasteiger charge is -2.53. The molecule has 1 aliphatic heterocycles. The Morgan fingerprint density at radius 2 is 1.75 bits per heavy atom. The Hall–Kier alpha value is -1.47. The van der Waals surface area contributed by atoms with Crippen molar-refractivity contribution in [1.29, 1.82) is 0 Å². The lowest BCUT2D eigenvalue weighted by Crippen LogP contribution is -2.71. The number of rotatable bonds is 1. The highest BCUT2D eigenvalue weighted by Crippen LogP contribution is 2.41. The molecule has 1 saturated heterocycles. The van der Waals surface area contributed by atoms with E-state index in [9.17, 15) is 27.9 Å². The van der Waals surface area contributed by atoms with E-state index >= 15 is 0 Å². The fourth-order valence-corrected chi connectivity index (χ4v) is 2.59. The zero-order valence-corrected chi connectivity index (χ0v) is 11.7. The van der Waals surface area contributed by atoms with E-state index in [0.29, 0.717) is 12.8 Å². The molecule has 0 aliphatic carbocycles. The normalized spacial score (nSPS) is 24.4. The number of carbonyl (C=O) groups is 2. The number of carbonyl (C=O) groups excluding carboxylic acids is 1. The second-order valence-electron chi connectivity index (χ2n) is 5.95. The molecule has 2 amide bonds. The molecule has 1 rings (SSSR count). The highest BCUT2D eigenvalue weighted by molar-refractivity contribution is 5.83. The Morgan fingerprint density at radius 3 is 2.15 bits per heavy atom. The molecule has 2 N–H and O–H groups in total. The molecule has 1 atom stereocenters. The summed E-state index contributed by atoms with van der Waals surface area (Å²) < 4.78 is 37.5. The Bertz CT molecular complexity index is 404. The Morgan fingerprint density at radius 1 is 1.20 bits per heavy atom. The monoisotopic (exact) mass is 296 g/mol. The molecule has 1 unspecified atom stereocenters. The molecule has 0 saturated carbocycles. The van der Waals surface area contributed by atoms with Crippen molar-refractivity contribution in [2.75, 3.05) is 6.54 Å². The van der Waals surface area contributed by atoms with Crippen LogP contribution in [0.1, 0.15) is 40.0 Å². The van der Waals surface area contributed by atoms with E-state index in [2.05, 4.69) is 0 Å². The van der Waals surface area contributed by atoms with Gasteiger partial charge in [0.25, 0.3) is 0 Å². The van der Waals surface area contributed by atoms with Crippen molar-refractivity contribution in [2.45, 2.75) is 51.9 Å². The fraction of sp³-hybridized carbons (Fsp3) is 0.833. The Kier molecular flexibility index (Phi) is 4.26. The molecule has 0 aromatic heterocycles. The summed E-state index contributed by atoms with van der Waals surface area (Å²) in [7, 11) is 0. The van der Waals surface area contributed by atoms with E-state index in [1.807, 2.05) is 5.32 Å². The number of alkyl halides is 3. The van der Waals surface area contributed by atoms with E-state index in [1.165, 1.54) is 0 Å². The minimum absolute atomic E-state index is 0.102. The van der Waals surface area contributed by atoms with Crippen LogP contribution in [0.3, 0.4) is 0 Å². The average Bonchev–Trinajstić information content (AvgIpc) is 2.26. The molecule has 1 aliphatic rings. The molecule has 0 aromatic rings. The molecule has 116 valence electrons. The molecule has 5 nitrogen and oxygen atoms in total. The average molecular weight is 296 g/mol. The lowest BCUT2D eigenvalue weighted by atomic mass is 9.74. The molecule has 0 spiro atoms. The zero-order valence-electron chi connectivity index (χ0n) is 11.7. The first kappa shape index (κ1) is 16.6. The number of hydrogen-bond acceptors (Lipinski definition) is 2. The summed E-state index contributed by atoms with van der Waals surface area (Å²) in [5.74, 6) is -2.11. The third kappa shape index (κ3) is 2.99. The predicted octanol–water partition coefficient (Wildman–Crippen LogP) is 2.57. The number of amides is 2. The first-order chi connectivity index (χ1) is 8.92. The number of likely N-dealkylation sites (tertiary alicyclic amines) is 1. The third-order valence-corrected chi connectivity index (χ3v) is 3.68. The first-order valence-electron chi connectivity index (χ1n) is 6.32. The summed E-state index contributed by atoms with van der Waals surface area (Å²) in [4.78, 5) is 23.6. The molecule has 0 bridgehead atoms. The van der Waals surface area contributed by atoms with Gasteiger partial charge in [0.15, 0.2) is 0 Å². The summed E-state index contributed by atoms with van der Waals surface area (Å²) in [6.45, 7) is 4.95. The Labute approximate surface area is 115 Å². The van der Waals surface area contributed by atoms with Crippen LogP contribution in [-0.4, -0.2) is 40.4 Å². The second kappa shape index (κ2) is 5.14. The van der Waals surface area contributed by atoms with Gasteiger partial charge in [-0.3, -0.25) is 9.69 Å². The third-order valence-electron chi connectivity index (χ3n) is 3.68. The lowest BCUT2D eigenvalue weighted by molar-refractivity contribution is -0.182. The van der Waals surface area contributed by atoms with Crippen molar-refractivity contribution in [3.63, 3.8) is 0 Å². The number of piperidine rings is 1. The van der Waals surface area contributed by atoms with E-state index in [4.69, 9.17) is 0 Å². The van der Waals surface area contributed by atoms with Crippen LogP contribution in [0.4, 0.5) is 18.0 Å². The van der Waals surface area contributed by atoms with E-state index < -0.39 is 29.3 Å². The molecule has 1 heterocycles. The van der Waals surface area contributed by atoms with Crippen LogP contribution in [0.2, 0.25) is 0 Å². The maximum atomic E-state index is 12.5. The molecular weight excluding hydrogens is 277 g/mol. The second-order valence-corrected chi connectivity index (χ2v) is 5.95. The van der Waals surface area contributed by atoms with E-state index in [0.717, 1.165) is 4.90 Å². The molecule has 1 fully saturated rings. The molecule has 20 heavy (non-hydrogen) atoms. The van der Waals surface area contributed by atoms with Gasteiger partial charge in [-0.05, 0) is 19.3 Å². The molecule has 8 heteroatoms. The standard InChI is InChI=1S/C12H19F3N2O3/c1-10(2,3)11(16-8(18)12(13,14)15)6-4-5-7-17(11)9(19)20/h4-7H2,1-3H3,(H,16,18)(H,19,20). The predicted molar refractivity (Wildman–Crippen MR) is 65.0 cm³/mol. The van der Waals surface area contributed by atoms with Gasteiger partial charge >= 0.3 is 18.2 Å². The first-order valence-corrected chi connectivity index (χ1v) is 6.32. The molecule has 0 radical (unpaired) electrons. The van der Waals surface area contributed by atoms with Gasteiger partial charge in [-0.15, -0.1) is 0 Å². The number of nitrogens with zero attached hydrogens (tertiary/aromatic N) is 1. The quantitative estimate of drug-likeness (QED) is 0.781. The van der Waals surface area contributed by atoms with Crippen LogP contribution in [-0.2, 0) is 4.79 Å². The van der Waals surface area contributed by atoms with E-state index in [1.54, 1.807) is 20.8 Å². The van der Waals surface area contributed by atoms with Gasteiger partial charge in [-0.2, -0.15) is 13.2 Å². The van der Waals surface area contributed by atoms with Crippen molar-refractivity contribution in [3.05, 3.63) is 0 Å². The van der Waals surface area contributed by atoms with Crippen LogP contribution >= 0.6 is 0 Å². The number of hydrogen-bond donors (Lipinski definition) is 2. The van der Waals surface area contributed by atoms with Crippen molar-refractivity contribution >= 4 is 12.0 Å². The van der Waals surface area contributed by atoms with Crippen LogP contribution in [0.5, 0.6) is 0 Å². The number of carboxylic acid groups (broad SMARTS) is 1. The largest absolute Gasteiger partial charge is 0.471 e. The van der Waals surface area contributed by atoms with Crippen LogP contribution < -0.4 is 5.32 Å². The van der Waals surface area contributed by atoms with Gasteiger partial charge in [0, 0.05) is 12.0 Å². The maximum Gasteiger partial charge on any atom is 0.471 e. The summed E-state index contributed by atoms with van der Waals surface area (Å²) in [6.07, 6.45) is -5.10. The van der Waals surface area contributed by atoms with Crippen LogP contribution in [0, 0.1) is 5.41 Å². The van der Waals surface area contributed by atoms with Gasteiger partial charge in [0.2, 0.25) is 0 Å². The molecular formula is C12H19F3N2O3. The number of nitrogens with one attached hydrogen (secondary N) is 1. The van der Waals surface area contributed by atoms with Crippen molar-refractivity contribution < 1.29 is 27.9 Å². The van der Waals surface area contributed by atoms with Gasteiger partial charge in [0.05, 0.1) is 0 Å². The smallest absolute Gasteiger partial charge is 0.465 e. The summed E-state index contributed by atoms with van der Waals surface area (Å²) in [5, 5.41) is 11.2. The summed E-state index contributed by atoms with van der Waals surface area (Å²) in [5.41, 5.74) is -2.42. The van der Waals surface area contributed by atoms with Gasteiger partial charge in [-0.1, -0.05) is 20.8 Å². The minimum Gasteiger partial charge on any atom is -0.465 e. The van der Waals surface area contributed by atoms with Crippen molar-refractivity contribution in [3.8, 4) is 0 Å². The highest BCUT2D eigenvalue weighted by Gasteiger charge is 2.54. The zero-order chi connectivity index (χ0) is 15.8.